The van der Waals surface area contributed by atoms with E-state index in [0.29, 0.717) is 43.4 Å². The zero-order valence-electron chi connectivity index (χ0n) is 23.4. The molecule has 0 bridgehead atoms. The van der Waals surface area contributed by atoms with E-state index in [1.807, 2.05) is 18.2 Å². The molecule has 2 fully saturated rings. The molecule has 42 heavy (non-hydrogen) atoms. The van der Waals surface area contributed by atoms with Crippen molar-refractivity contribution in [1.82, 2.24) is 20.2 Å². The lowest BCUT2D eigenvalue weighted by molar-refractivity contribution is -0.139. The number of carbonyl (C=O) groups is 3. The van der Waals surface area contributed by atoms with Crippen LogP contribution in [0, 0.1) is 0 Å². The monoisotopic (exact) mass is 574 g/mol. The van der Waals surface area contributed by atoms with E-state index in [1.165, 1.54) is 7.11 Å². The molecule has 220 valence electrons. The van der Waals surface area contributed by atoms with E-state index in [0.717, 1.165) is 43.5 Å². The fourth-order valence-corrected chi connectivity index (χ4v) is 4.66. The molecule has 13 nitrogen and oxygen atoms in total. The van der Waals surface area contributed by atoms with Gasteiger partial charge in [0.2, 0.25) is 5.95 Å². The second kappa shape index (κ2) is 13.6. The molecular formula is C29H34N8O5. The third-order valence-electron chi connectivity index (χ3n) is 7.05. The summed E-state index contributed by atoms with van der Waals surface area (Å²) in [7, 11) is 1.25. The minimum Gasteiger partial charge on any atom is -0.468 e. The first-order valence-corrected chi connectivity index (χ1v) is 13.8. The van der Waals surface area contributed by atoms with Crippen LogP contribution < -0.4 is 25.8 Å². The van der Waals surface area contributed by atoms with E-state index in [1.54, 1.807) is 35.4 Å². The van der Waals surface area contributed by atoms with Crippen molar-refractivity contribution in [2.24, 2.45) is 0 Å². The molecule has 0 unspecified atom stereocenters. The number of methoxy groups -OCH3 is 1. The summed E-state index contributed by atoms with van der Waals surface area (Å²) in [6, 6.07) is 16.3. The molecule has 2 saturated heterocycles. The number of benzene rings is 2. The zero-order chi connectivity index (χ0) is 29.3. The fraction of sp³-hybridized carbons (Fsp3) is 0.345. The smallest absolute Gasteiger partial charge is 0.325 e. The van der Waals surface area contributed by atoms with Crippen molar-refractivity contribution in [3.8, 4) is 0 Å². The maximum Gasteiger partial charge on any atom is 0.325 e. The van der Waals surface area contributed by atoms with Crippen LogP contribution in [0.4, 0.5) is 33.6 Å². The number of carbonyl (C=O) groups excluding carboxylic acids is 3. The lowest BCUT2D eigenvalue weighted by atomic mass is 10.2. The summed E-state index contributed by atoms with van der Waals surface area (Å²) in [5.41, 5.74) is 3.00. The number of anilines is 5. The van der Waals surface area contributed by atoms with Gasteiger partial charge in [0, 0.05) is 68.1 Å². The third-order valence-corrected chi connectivity index (χ3v) is 7.05. The van der Waals surface area contributed by atoms with Gasteiger partial charge in [-0.15, -0.1) is 0 Å². The van der Waals surface area contributed by atoms with Crippen molar-refractivity contribution >= 4 is 46.7 Å². The van der Waals surface area contributed by atoms with E-state index >= 15 is 0 Å². The van der Waals surface area contributed by atoms with Gasteiger partial charge in [-0.05, 0) is 54.6 Å². The van der Waals surface area contributed by atoms with Gasteiger partial charge in [-0.25, -0.2) is 9.78 Å². The molecule has 1 aromatic heterocycles. The molecule has 2 aliphatic rings. The quantitative estimate of drug-likeness (QED) is 0.343. The van der Waals surface area contributed by atoms with E-state index < -0.39 is 11.9 Å². The Balaban J connectivity index is 1.09. The van der Waals surface area contributed by atoms with Crippen LogP contribution in [0.1, 0.15) is 10.4 Å². The zero-order valence-corrected chi connectivity index (χ0v) is 23.4. The minimum absolute atomic E-state index is 0.212. The normalized spacial score (nSPS) is 15.1. The molecule has 0 radical (unpaired) electrons. The highest BCUT2D eigenvalue weighted by Crippen LogP contribution is 2.22. The number of rotatable bonds is 8. The molecule has 13 heteroatoms. The van der Waals surface area contributed by atoms with Gasteiger partial charge in [0.05, 0.1) is 20.3 Å². The number of amides is 3. The van der Waals surface area contributed by atoms with Crippen molar-refractivity contribution in [1.29, 1.82) is 0 Å². The summed E-state index contributed by atoms with van der Waals surface area (Å²) in [6.45, 7) is 5.35. The lowest BCUT2D eigenvalue weighted by Gasteiger charge is -2.35. The molecular weight excluding hydrogens is 540 g/mol. The number of hydrogen-bond donors (Lipinski definition) is 3. The van der Waals surface area contributed by atoms with Crippen LogP contribution in [0.15, 0.2) is 60.8 Å². The fourth-order valence-electron chi connectivity index (χ4n) is 4.66. The van der Waals surface area contributed by atoms with Crippen molar-refractivity contribution in [2.45, 2.75) is 0 Å². The van der Waals surface area contributed by atoms with E-state index in [9.17, 15) is 14.4 Å². The van der Waals surface area contributed by atoms with Gasteiger partial charge in [0.15, 0.2) is 0 Å². The van der Waals surface area contributed by atoms with Crippen LogP contribution in [0.3, 0.4) is 0 Å². The van der Waals surface area contributed by atoms with Crippen molar-refractivity contribution in [2.75, 3.05) is 86.6 Å². The Hall–Kier alpha value is -4.91. The van der Waals surface area contributed by atoms with Crippen molar-refractivity contribution in [3.05, 3.63) is 66.4 Å². The van der Waals surface area contributed by atoms with Crippen LogP contribution >= 0.6 is 0 Å². The highest BCUT2D eigenvalue weighted by atomic mass is 16.5. The van der Waals surface area contributed by atoms with Crippen molar-refractivity contribution in [3.63, 3.8) is 0 Å². The number of nitrogens with zero attached hydrogens (tertiary/aromatic N) is 5. The molecule has 3 heterocycles. The molecule has 5 rings (SSSR count). The van der Waals surface area contributed by atoms with Gasteiger partial charge < -0.3 is 40.1 Å². The minimum atomic E-state index is -0.533. The summed E-state index contributed by atoms with van der Waals surface area (Å²) < 4.78 is 9.95. The first-order chi connectivity index (χ1) is 20.5. The number of urea groups is 1. The lowest BCUT2D eigenvalue weighted by Crippen LogP contribution is -2.50. The second-order valence-corrected chi connectivity index (χ2v) is 9.75. The van der Waals surface area contributed by atoms with Gasteiger partial charge >= 0.3 is 12.0 Å². The summed E-state index contributed by atoms with van der Waals surface area (Å²) >= 11 is 0. The standard InChI is InChI=1S/C29H34N8O5/c1-41-26(38)20-31-27(39)21-2-4-23(5-3-21)33-29(40)37-14-12-36(13-15-37)25-10-11-30-28(34-25)32-22-6-8-24(9-7-22)35-16-18-42-19-17-35/h2-11H,12-20H2,1H3,(H,31,39)(H,33,40)(H,30,32,34). The average molecular weight is 575 g/mol. The molecule has 0 aliphatic carbocycles. The molecule has 0 atom stereocenters. The average Bonchev–Trinajstić information content (AvgIpc) is 3.04. The van der Waals surface area contributed by atoms with Crippen LogP contribution in [-0.2, 0) is 14.3 Å². The third kappa shape index (κ3) is 7.43. The summed E-state index contributed by atoms with van der Waals surface area (Å²) in [5, 5.41) is 8.63. The number of esters is 1. The van der Waals surface area contributed by atoms with E-state index in [-0.39, 0.29) is 12.6 Å². The van der Waals surface area contributed by atoms with Crippen molar-refractivity contribution < 1.29 is 23.9 Å². The summed E-state index contributed by atoms with van der Waals surface area (Å²) in [5.74, 6) is 0.363. The topological polar surface area (TPSA) is 141 Å². The number of ether oxygens (including phenoxy) is 2. The Morgan fingerprint density at radius 1 is 0.857 bits per heavy atom. The molecule has 3 aromatic rings. The number of morpholine rings is 1. The molecule has 3 N–H and O–H groups in total. The number of nitrogens with one attached hydrogen (secondary N) is 3. The molecule has 3 amide bonds. The van der Waals surface area contributed by atoms with Crippen LogP contribution in [-0.4, -0.2) is 98.9 Å². The largest absolute Gasteiger partial charge is 0.468 e. The number of piperazine rings is 1. The highest BCUT2D eigenvalue weighted by Gasteiger charge is 2.22. The number of aromatic nitrogens is 2. The number of hydrogen-bond acceptors (Lipinski definition) is 10. The van der Waals surface area contributed by atoms with Crippen LogP contribution in [0.2, 0.25) is 0 Å². The predicted octanol–water partition coefficient (Wildman–Crippen LogP) is 2.31. The predicted molar refractivity (Wildman–Crippen MR) is 158 cm³/mol. The maximum absolute atomic E-state index is 12.8. The van der Waals surface area contributed by atoms with Crippen LogP contribution in [0.25, 0.3) is 0 Å². The van der Waals surface area contributed by atoms with Gasteiger partial charge in [0.25, 0.3) is 5.91 Å². The van der Waals surface area contributed by atoms with E-state index in [2.05, 4.69) is 47.6 Å². The Labute approximate surface area is 243 Å². The maximum atomic E-state index is 12.8. The summed E-state index contributed by atoms with van der Waals surface area (Å²) in [4.78, 5) is 51.4. The van der Waals surface area contributed by atoms with Gasteiger partial charge in [-0.3, -0.25) is 9.59 Å². The van der Waals surface area contributed by atoms with Crippen LogP contribution in [0.5, 0.6) is 0 Å². The van der Waals surface area contributed by atoms with E-state index in [4.69, 9.17) is 9.72 Å². The van der Waals surface area contributed by atoms with Gasteiger partial charge in [-0.2, -0.15) is 4.98 Å². The Morgan fingerprint density at radius 3 is 2.24 bits per heavy atom. The Morgan fingerprint density at radius 2 is 1.55 bits per heavy atom. The Bertz CT molecular complexity index is 1370. The van der Waals surface area contributed by atoms with Gasteiger partial charge in [0.1, 0.15) is 12.4 Å². The Kier molecular flexibility index (Phi) is 9.29. The molecule has 0 saturated carbocycles. The first-order valence-electron chi connectivity index (χ1n) is 13.8. The molecule has 2 aromatic carbocycles. The molecule has 2 aliphatic heterocycles. The summed E-state index contributed by atoms with van der Waals surface area (Å²) in [6.07, 6.45) is 1.73. The highest BCUT2D eigenvalue weighted by molar-refractivity contribution is 5.97. The molecule has 0 spiro atoms. The van der Waals surface area contributed by atoms with Gasteiger partial charge in [-0.1, -0.05) is 0 Å². The second-order valence-electron chi connectivity index (χ2n) is 9.75. The SMILES string of the molecule is COC(=O)CNC(=O)c1ccc(NC(=O)N2CCN(c3ccnc(Nc4ccc(N5CCOCC5)cc4)n3)CC2)cc1. The first kappa shape index (κ1) is 28.6.